The monoisotopic (exact) mass is 285 g/mol. The molecule has 0 unspecified atom stereocenters. The van der Waals surface area contributed by atoms with Crippen molar-refractivity contribution < 1.29 is 0 Å². The lowest BCUT2D eigenvalue weighted by molar-refractivity contribution is 0.199. The quantitative estimate of drug-likeness (QED) is 0.844. The predicted molar refractivity (Wildman–Crippen MR) is 87.3 cm³/mol. The van der Waals surface area contributed by atoms with Gasteiger partial charge >= 0.3 is 0 Å². The molecule has 3 N–H and O–H groups in total. The average Bonchev–Trinajstić information content (AvgIpc) is 2.49. The highest BCUT2D eigenvalue weighted by Crippen LogP contribution is 2.21. The van der Waals surface area contributed by atoms with E-state index in [4.69, 9.17) is 5.73 Å². The van der Waals surface area contributed by atoms with Gasteiger partial charge in [0.2, 0.25) is 0 Å². The maximum absolute atomic E-state index is 5.80. The van der Waals surface area contributed by atoms with E-state index < -0.39 is 0 Å². The molecule has 0 aliphatic carbocycles. The first kappa shape index (κ1) is 14.1. The van der Waals surface area contributed by atoms with Crippen molar-refractivity contribution in [3.05, 3.63) is 24.5 Å². The van der Waals surface area contributed by atoms with E-state index in [1.165, 1.54) is 25.9 Å². The maximum atomic E-state index is 5.80. The Hall–Kier alpha value is -1.88. The fourth-order valence-corrected chi connectivity index (χ4v) is 2.83. The smallest absolute Gasteiger partial charge is 0.137 e. The minimum absolute atomic E-state index is 0.731. The van der Waals surface area contributed by atoms with Crippen LogP contribution in [-0.4, -0.2) is 41.0 Å². The summed E-state index contributed by atoms with van der Waals surface area (Å²) in [6, 6.07) is 5.76. The summed E-state index contributed by atoms with van der Waals surface area (Å²) in [4.78, 5) is 11.1. The highest BCUT2D eigenvalue weighted by Gasteiger charge is 2.15. The lowest BCUT2D eigenvalue weighted by Gasteiger charge is -2.30. The Balaban J connectivity index is 1.60. The Labute approximate surface area is 125 Å². The summed E-state index contributed by atoms with van der Waals surface area (Å²) in [5.74, 6) is 1.77. The molecule has 21 heavy (non-hydrogen) atoms. The third-order valence-electron chi connectivity index (χ3n) is 4.26. The number of fused-ring (bicyclic) bond motifs is 1. The number of anilines is 2. The maximum Gasteiger partial charge on any atom is 0.137 e. The van der Waals surface area contributed by atoms with E-state index >= 15 is 0 Å². The highest BCUT2D eigenvalue weighted by atomic mass is 15.1. The van der Waals surface area contributed by atoms with Gasteiger partial charge in [0.25, 0.3) is 0 Å². The van der Waals surface area contributed by atoms with Crippen molar-refractivity contribution in [2.24, 2.45) is 5.92 Å². The summed E-state index contributed by atoms with van der Waals surface area (Å²) < 4.78 is 0. The Morgan fingerprint density at radius 3 is 2.90 bits per heavy atom. The van der Waals surface area contributed by atoms with E-state index in [1.54, 1.807) is 6.33 Å². The molecule has 3 rings (SSSR count). The molecule has 0 radical (unpaired) electrons. The molecular weight excluding hydrogens is 262 g/mol. The van der Waals surface area contributed by atoms with Crippen LogP contribution in [0.15, 0.2) is 24.5 Å². The van der Waals surface area contributed by atoms with Gasteiger partial charge in [0.15, 0.2) is 0 Å². The number of benzene rings is 1. The summed E-state index contributed by atoms with van der Waals surface area (Å²) in [5, 5.41) is 4.46. The lowest BCUT2D eigenvalue weighted by atomic mass is 9.99. The average molecular weight is 285 g/mol. The van der Waals surface area contributed by atoms with Gasteiger partial charge < -0.3 is 16.0 Å². The van der Waals surface area contributed by atoms with Crippen molar-refractivity contribution >= 4 is 22.4 Å². The van der Waals surface area contributed by atoms with Gasteiger partial charge in [-0.1, -0.05) is 6.92 Å². The van der Waals surface area contributed by atoms with E-state index in [1.807, 2.05) is 18.2 Å². The molecule has 0 spiro atoms. The Morgan fingerprint density at radius 1 is 1.29 bits per heavy atom. The van der Waals surface area contributed by atoms with Crippen molar-refractivity contribution in [3.8, 4) is 0 Å². The van der Waals surface area contributed by atoms with Crippen LogP contribution >= 0.6 is 0 Å². The van der Waals surface area contributed by atoms with Crippen LogP contribution in [0.25, 0.3) is 10.9 Å². The molecule has 1 aliphatic heterocycles. The summed E-state index contributed by atoms with van der Waals surface area (Å²) in [6.07, 6.45) is 4.22. The first-order valence-corrected chi connectivity index (χ1v) is 7.69. The second-order valence-electron chi connectivity index (χ2n) is 5.95. The number of nitrogens with one attached hydrogen (secondary N) is 1. The van der Waals surface area contributed by atoms with Gasteiger partial charge in [-0.2, -0.15) is 0 Å². The third kappa shape index (κ3) is 3.42. The van der Waals surface area contributed by atoms with Gasteiger partial charge in [-0.15, -0.1) is 0 Å². The van der Waals surface area contributed by atoms with E-state index in [0.29, 0.717) is 0 Å². The van der Waals surface area contributed by atoms with E-state index in [0.717, 1.165) is 41.4 Å². The van der Waals surface area contributed by atoms with Crippen molar-refractivity contribution in [3.63, 3.8) is 0 Å². The predicted octanol–water partition coefficient (Wildman–Crippen LogP) is 2.36. The lowest BCUT2D eigenvalue weighted by Crippen LogP contribution is -2.36. The number of likely N-dealkylation sites (tertiary alicyclic amines) is 1. The number of hydrogen-bond donors (Lipinski definition) is 2. The Morgan fingerprint density at radius 2 is 2.10 bits per heavy atom. The summed E-state index contributed by atoms with van der Waals surface area (Å²) in [5.41, 5.74) is 7.41. The standard InChI is InChI=1S/C16H23N5/c1-12-4-7-21(8-5-12)9-6-18-16-14-3-2-13(17)10-15(14)19-11-20-16/h2-3,10-12H,4-9,17H2,1H3,(H,18,19,20). The van der Waals surface area contributed by atoms with Gasteiger partial charge in [0, 0.05) is 24.2 Å². The van der Waals surface area contributed by atoms with E-state index in [-0.39, 0.29) is 0 Å². The molecule has 2 aromatic rings. The van der Waals surface area contributed by atoms with Crippen LogP contribution in [-0.2, 0) is 0 Å². The summed E-state index contributed by atoms with van der Waals surface area (Å²) >= 11 is 0. The second kappa shape index (κ2) is 6.26. The number of nitrogens with two attached hydrogens (primary N) is 1. The van der Waals surface area contributed by atoms with Gasteiger partial charge in [-0.25, -0.2) is 9.97 Å². The largest absolute Gasteiger partial charge is 0.399 e. The fourth-order valence-electron chi connectivity index (χ4n) is 2.83. The van der Waals surface area contributed by atoms with Gasteiger partial charge in [0.05, 0.1) is 5.52 Å². The van der Waals surface area contributed by atoms with Crippen LogP contribution in [0, 0.1) is 5.92 Å². The van der Waals surface area contributed by atoms with Crippen LogP contribution < -0.4 is 11.1 Å². The first-order valence-electron chi connectivity index (χ1n) is 7.69. The minimum Gasteiger partial charge on any atom is -0.399 e. The second-order valence-corrected chi connectivity index (χ2v) is 5.95. The molecule has 1 aromatic carbocycles. The number of nitrogen functional groups attached to an aromatic ring is 1. The third-order valence-corrected chi connectivity index (χ3v) is 4.26. The van der Waals surface area contributed by atoms with Crippen LogP contribution in [0.2, 0.25) is 0 Å². The van der Waals surface area contributed by atoms with Crippen molar-refractivity contribution in [2.45, 2.75) is 19.8 Å². The van der Waals surface area contributed by atoms with Crippen LogP contribution in [0.3, 0.4) is 0 Å². The molecule has 1 saturated heterocycles. The number of hydrogen-bond acceptors (Lipinski definition) is 5. The van der Waals surface area contributed by atoms with Gasteiger partial charge in [-0.05, 0) is 50.0 Å². The van der Waals surface area contributed by atoms with E-state index in [9.17, 15) is 0 Å². The van der Waals surface area contributed by atoms with Crippen LogP contribution in [0.4, 0.5) is 11.5 Å². The number of nitrogens with zero attached hydrogens (tertiary/aromatic N) is 3. The first-order chi connectivity index (χ1) is 10.2. The highest BCUT2D eigenvalue weighted by molar-refractivity contribution is 5.90. The molecule has 2 heterocycles. The Bertz CT molecular complexity index is 605. The molecular formula is C16H23N5. The van der Waals surface area contributed by atoms with Gasteiger partial charge in [0.1, 0.15) is 12.1 Å². The molecule has 0 amide bonds. The molecule has 1 fully saturated rings. The SMILES string of the molecule is CC1CCN(CCNc2ncnc3cc(N)ccc23)CC1. The van der Waals surface area contributed by atoms with Gasteiger partial charge in [-0.3, -0.25) is 0 Å². The van der Waals surface area contributed by atoms with Crippen LogP contribution in [0.5, 0.6) is 0 Å². The number of rotatable bonds is 4. The molecule has 5 heteroatoms. The number of aromatic nitrogens is 2. The summed E-state index contributed by atoms with van der Waals surface area (Å²) in [6.45, 7) is 6.74. The summed E-state index contributed by atoms with van der Waals surface area (Å²) in [7, 11) is 0. The fraction of sp³-hybridized carbons (Fsp3) is 0.500. The topological polar surface area (TPSA) is 67.1 Å². The molecule has 0 atom stereocenters. The minimum atomic E-state index is 0.731. The van der Waals surface area contributed by atoms with E-state index in [2.05, 4.69) is 27.1 Å². The van der Waals surface area contributed by atoms with Crippen LogP contribution in [0.1, 0.15) is 19.8 Å². The van der Waals surface area contributed by atoms with Crippen molar-refractivity contribution in [2.75, 3.05) is 37.2 Å². The normalized spacial score (nSPS) is 17.2. The number of piperidine rings is 1. The molecule has 0 bridgehead atoms. The molecule has 5 nitrogen and oxygen atoms in total. The molecule has 112 valence electrons. The zero-order valence-electron chi connectivity index (χ0n) is 12.5. The zero-order valence-corrected chi connectivity index (χ0v) is 12.5. The Kier molecular flexibility index (Phi) is 4.20. The molecule has 1 aliphatic rings. The van der Waals surface area contributed by atoms with Crippen molar-refractivity contribution in [1.82, 2.24) is 14.9 Å². The molecule has 0 saturated carbocycles. The zero-order chi connectivity index (χ0) is 14.7. The molecule has 1 aromatic heterocycles. The van der Waals surface area contributed by atoms with Crippen molar-refractivity contribution in [1.29, 1.82) is 0 Å².